The van der Waals surface area contributed by atoms with E-state index >= 15 is 0 Å². The number of piperidine rings is 1. The minimum atomic E-state index is -0.704. The molecule has 2 amide bonds. The largest absolute Gasteiger partial charge is 0.390 e. The standard InChI is InChI=1S/C17H28N2O4/c1-16(2)13-4-5-17(16,3)15(22)19(14(13)21)11-12(20)10-18-6-8-23-9-7-18/h12-13,20H,4-11H2,1-3H3/t12-,13-,17+/m1/s1. The van der Waals surface area contributed by atoms with Gasteiger partial charge in [0.15, 0.2) is 0 Å². The number of rotatable bonds is 4. The third-order valence-electron chi connectivity index (χ3n) is 6.47. The first-order valence-corrected chi connectivity index (χ1v) is 8.61. The molecule has 2 bridgehead atoms. The second kappa shape index (κ2) is 5.83. The average Bonchev–Trinajstić information content (AvgIpc) is 2.70. The first-order valence-electron chi connectivity index (χ1n) is 8.61. The summed E-state index contributed by atoms with van der Waals surface area (Å²) in [6, 6.07) is 0. The quantitative estimate of drug-likeness (QED) is 0.762. The number of aliphatic hydroxyl groups excluding tert-OH is 1. The van der Waals surface area contributed by atoms with Crippen molar-refractivity contribution in [2.75, 3.05) is 39.4 Å². The second-order valence-corrected chi connectivity index (χ2v) is 7.97. The number of β-amino-alcohol motifs (C(OH)–C–C–N with tert-alkyl or cyclic N) is 1. The summed E-state index contributed by atoms with van der Waals surface area (Å²) in [5, 5.41) is 10.4. The number of hydrogen-bond donors (Lipinski definition) is 1. The molecule has 2 heterocycles. The van der Waals surface area contributed by atoms with Gasteiger partial charge < -0.3 is 9.84 Å². The second-order valence-electron chi connectivity index (χ2n) is 7.97. The molecule has 130 valence electrons. The van der Waals surface area contributed by atoms with Crippen LogP contribution in [0.15, 0.2) is 0 Å². The number of morpholine rings is 1. The Balaban J connectivity index is 1.68. The third-order valence-corrected chi connectivity index (χ3v) is 6.47. The summed E-state index contributed by atoms with van der Waals surface area (Å²) in [5.41, 5.74) is -0.795. The van der Waals surface area contributed by atoms with Gasteiger partial charge in [-0.2, -0.15) is 0 Å². The van der Waals surface area contributed by atoms with Gasteiger partial charge in [0.05, 0.1) is 31.3 Å². The highest BCUT2D eigenvalue weighted by atomic mass is 16.5. The molecule has 1 aliphatic carbocycles. The van der Waals surface area contributed by atoms with Crippen molar-refractivity contribution in [1.29, 1.82) is 0 Å². The molecule has 2 saturated heterocycles. The van der Waals surface area contributed by atoms with Crippen LogP contribution in [0.3, 0.4) is 0 Å². The van der Waals surface area contributed by atoms with Gasteiger partial charge in [-0.05, 0) is 18.3 Å². The summed E-state index contributed by atoms with van der Waals surface area (Å²) < 4.78 is 5.30. The SMILES string of the molecule is CC1(C)[C@@H]2CC[C@@]1(C)C(=O)N(C[C@H](O)CN1CCOCC1)C2=O. The van der Waals surface area contributed by atoms with Crippen molar-refractivity contribution in [3.05, 3.63) is 0 Å². The normalized spacial score (nSPS) is 35.7. The molecule has 6 nitrogen and oxygen atoms in total. The maximum absolute atomic E-state index is 12.9. The number of carbonyl (C=O) groups excluding carboxylic acids is 2. The van der Waals surface area contributed by atoms with E-state index in [4.69, 9.17) is 4.74 Å². The first-order chi connectivity index (χ1) is 10.8. The number of aliphatic hydroxyl groups is 1. The van der Waals surface area contributed by atoms with Crippen LogP contribution < -0.4 is 0 Å². The smallest absolute Gasteiger partial charge is 0.235 e. The topological polar surface area (TPSA) is 70.1 Å². The molecule has 0 aromatic heterocycles. The lowest BCUT2D eigenvalue weighted by Crippen LogP contribution is -2.61. The van der Waals surface area contributed by atoms with E-state index in [1.54, 1.807) is 0 Å². The van der Waals surface area contributed by atoms with E-state index in [9.17, 15) is 14.7 Å². The molecule has 3 rings (SSSR count). The van der Waals surface area contributed by atoms with Crippen LogP contribution >= 0.6 is 0 Å². The van der Waals surface area contributed by atoms with Crippen LogP contribution in [0.5, 0.6) is 0 Å². The lowest BCUT2D eigenvalue weighted by Gasteiger charge is -2.48. The van der Waals surface area contributed by atoms with Crippen molar-refractivity contribution in [1.82, 2.24) is 9.80 Å². The van der Waals surface area contributed by atoms with E-state index in [1.165, 1.54) is 4.90 Å². The molecule has 3 atom stereocenters. The van der Waals surface area contributed by atoms with Crippen molar-refractivity contribution >= 4 is 11.8 Å². The van der Waals surface area contributed by atoms with Crippen LogP contribution in [-0.4, -0.2) is 72.2 Å². The van der Waals surface area contributed by atoms with E-state index < -0.39 is 11.5 Å². The molecular weight excluding hydrogens is 296 g/mol. The van der Waals surface area contributed by atoms with E-state index in [0.717, 1.165) is 25.9 Å². The van der Waals surface area contributed by atoms with Crippen LogP contribution in [0.2, 0.25) is 0 Å². The van der Waals surface area contributed by atoms with Crippen LogP contribution in [-0.2, 0) is 14.3 Å². The van der Waals surface area contributed by atoms with Gasteiger partial charge in [-0.25, -0.2) is 0 Å². The van der Waals surface area contributed by atoms with Gasteiger partial charge in [0.1, 0.15) is 0 Å². The molecule has 0 unspecified atom stereocenters. The minimum Gasteiger partial charge on any atom is -0.390 e. The van der Waals surface area contributed by atoms with Crippen molar-refractivity contribution < 1.29 is 19.4 Å². The molecular formula is C17H28N2O4. The predicted octanol–water partition coefficient (Wildman–Crippen LogP) is 0.491. The van der Waals surface area contributed by atoms with E-state index in [1.807, 2.05) is 20.8 Å². The van der Waals surface area contributed by atoms with Gasteiger partial charge in [-0.3, -0.25) is 19.4 Å². The van der Waals surface area contributed by atoms with Crippen LogP contribution in [0.1, 0.15) is 33.6 Å². The van der Waals surface area contributed by atoms with Gasteiger partial charge in [0, 0.05) is 25.6 Å². The number of likely N-dealkylation sites (tertiary alicyclic amines) is 1. The van der Waals surface area contributed by atoms with E-state index in [0.29, 0.717) is 19.8 Å². The Hall–Kier alpha value is -0.980. The van der Waals surface area contributed by atoms with Gasteiger partial charge >= 0.3 is 0 Å². The number of hydrogen-bond acceptors (Lipinski definition) is 5. The number of carbonyl (C=O) groups is 2. The van der Waals surface area contributed by atoms with Crippen molar-refractivity contribution in [3.63, 3.8) is 0 Å². The number of ether oxygens (including phenoxy) is 1. The monoisotopic (exact) mass is 324 g/mol. The number of imide groups is 1. The Morgan fingerprint density at radius 2 is 1.87 bits per heavy atom. The Morgan fingerprint density at radius 3 is 2.52 bits per heavy atom. The summed E-state index contributed by atoms with van der Waals surface area (Å²) in [6.45, 7) is 9.53. The van der Waals surface area contributed by atoms with Gasteiger partial charge in [0.25, 0.3) is 0 Å². The fraction of sp³-hybridized carbons (Fsp3) is 0.882. The number of nitrogens with zero attached hydrogens (tertiary/aromatic N) is 2. The third kappa shape index (κ3) is 2.61. The molecule has 1 saturated carbocycles. The summed E-state index contributed by atoms with van der Waals surface area (Å²) in [4.78, 5) is 29.1. The van der Waals surface area contributed by atoms with E-state index in [-0.39, 0.29) is 29.7 Å². The predicted molar refractivity (Wildman–Crippen MR) is 84.6 cm³/mol. The number of fused-ring (bicyclic) bond motifs is 2. The van der Waals surface area contributed by atoms with E-state index in [2.05, 4.69) is 4.90 Å². The highest BCUT2D eigenvalue weighted by molar-refractivity contribution is 6.03. The summed E-state index contributed by atoms with van der Waals surface area (Å²) >= 11 is 0. The zero-order valence-electron chi connectivity index (χ0n) is 14.4. The molecule has 0 aromatic rings. The van der Waals surface area contributed by atoms with Crippen LogP contribution in [0.25, 0.3) is 0 Å². The molecule has 3 fully saturated rings. The lowest BCUT2D eigenvalue weighted by atomic mass is 9.62. The Kier molecular flexibility index (Phi) is 4.27. The highest BCUT2D eigenvalue weighted by Crippen LogP contribution is 2.59. The first kappa shape index (κ1) is 16.9. The van der Waals surface area contributed by atoms with Crippen molar-refractivity contribution in [3.8, 4) is 0 Å². The summed E-state index contributed by atoms with van der Waals surface area (Å²) in [7, 11) is 0. The maximum atomic E-state index is 12.9. The Labute approximate surface area is 137 Å². The van der Waals surface area contributed by atoms with Crippen LogP contribution in [0, 0.1) is 16.7 Å². The molecule has 23 heavy (non-hydrogen) atoms. The Bertz CT molecular complexity index is 501. The summed E-state index contributed by atoms with van der Waals surface area (Å²) in [5.74, 6) is -0.320. The molecule has 1 N–H and O–H groups in total. The zero-order valence-corrected chi connectivity index (χ0v) is 14.4. The fourth-order valence-electron chi connectivity index (χ4n) is 4.42. The molecule has 2 aliphatic heterocycles. The molecule has 6 heteroatoms. The van der Waals surface area contributed by atoms with Gasteiger partial charge in [-0.1, -0.05) is 20.8 Å². The molecule has 0 radical (unpaired) electrons. The summed E-state index contributed by atoms with van der Waals surface area (Å²) in [6.07, 6.45) is 0.820. The molecule has 0 spiro atoms. The molecule has 0 aromatic carbocycles. The molecule has 3 aliphatic rings. The Morgan fingerprint density at radius 1 is 1.22 bits per heavy atom. The van der Waals surface area contributed by atoms with Crippen molar-refractivity contribution in [2.24, 2.45) is 16.7 Å². The lowest BCUT2D eigenvalue weighted by molar-refractivity contribution is -0.169. The van der Waals surface area contributed by atoms with Gasteiger partial charge in [-0.15, -0.1) is 0 Å². The van der Waals surface area contributed by atoms with Crippen molar-refractivity contribution in [2.45, 2.75) is 39.7 Å². The highest BCUT2D eigenvalue weighted by Gasteiger charge is 2.64. The van der Waals surface area contributed by atoms with Gasteiger partial charge in [0.2, 0.25) is 11.8 Å². The minimum absolute atomic E-state index is 0.101. The van der Waals surface area contributed by atoms with Crippen LogP contribution in [0.4, 0.5) is 0 Å². The zero-order chi connectivity index (χ0) is 16.8. The average molecular weight is 324 g/mol. The number of amides is 2. The fourth-order valence-corrected chi connectivity index (χ4v) is 4.42. The maximum Gasteiger partial charge on any atom is 0.235 e.